The number of nitrogens with one attached hydrogen (secondary N) is 1. The number of thioether (sulfide) groups is 1. The van der Waals surface area contributed by atoms with E-state index in [2.05, 4.69) is 25.8 Å². The summed E-state index contributed by atoms with van der Waals surface area (Å²) in [6, 6.07) is 7.86. The van der Waals surface area contributed by atoms with Crippen molar-refractivity contribution in [3.8, 4) is 5.69 Å². The van der Waals surface area contributed by atoms with Crippen molar-refractivity contribution in [3.63, 3.8) is 0 Å². The van der Waals surface area contributed by atoms with Crippen molar-refractivity contribution in [1.82, 2.24) is 25.2 Å². The summed E-state index contributed by atoms with van der Waals surface area (Å²) in [5, 5.41) is 17.1. The monoisotopic (exact) mass is 346 g/mol. The summed E-state index contributed by atoms with van der Waals surface area (Å²) >= 11 is 2.68. The molecule has 1 amide bonds. The second-order valence-electron chi connectivity index (χ2n) is 4.80. The van der Waals surface area contributed by atoms with Crippen LogP contribution in [0.1, 0.15) is 12.5 Å². The average molecular weight is 346 g/mol. The first kappa shape index (κ1) is 15.6. The summed E-state index contributed by atoms with van der Waals surface area (Å²) in [5.74, 6) is -0.136. The van der Waals surface area contributed by atoms with E-state index in [-0.39, 0.29) is 11.2 Å². The predicted molar refractivity (Wildman–Crippen MR) is 90.0 cm³/mol. The maximum Gasteiger partial charge on any atom is 0.239 e. The molecular formula is C14H14N6OS2. The molecule has 0 fully saturated rings. The zero-order chi connectivity index (χ0) is 16.2. The fourth-order valence-corrected chi connectivity index (χ4v) is 3.14. The number of carbonyl (C=O) groups excluding carboxylic acids is 1. The van der Waals surface area contributed by atoms with Crippen LogP contribution >= 0.6 is 23.1 Å². The number of aromatic nitrogens is 5. The molecule has 118 valence electrons. The second-order valence-corrected chi connectivity index (χ2v) is 7.00. The lowest BCUT2D eigenvalue weighted by Gasteiger charge is -2.10. The van der Waals surface area contributed by atoms with Crippen LogP contribution in [-0.2, 0) is 4.79 Å². The Bertz CT molecular complexity index is 784. The van der Waals surface area contributed by atoms with Gasteiger partial charge in [0.05, 0.1) is 10.9 Å². The highest BCUT2D eigenvalue weighted by atomic mass is 32.2. The van der Waals surface area contributed by atoms with E-state index >= 15 is 0 Å². The standard InChI is InChI=1S/C14H14N6OS2/c1-9-3-5-11(6-4-9)20-14(17-18-19-20)23-10(2)12(21)16-13-15-7-8-22-13/h3-8,10H,1-2H3,(H,15,16,21). The first-order valence-corrected chi connectivity index (χ1v) is 8.62. The highest BCUT2D eigenvalue weighted by Gasteiger charge is 2.19. The highest BCUT2D eigenvalue weighted by Crippen LogP contribution is 2.24. The Labute approximate surface area is 141 Å². The Morgan fingerprint density at radius 2 is 2.13 bits per heavy atom. The van der Waals surface area contributed by atoms with Crippen molar-refractivity contribution in [1.29, 1.82) is 0 Å². The van der Waals surface area contributed by atoms with Gasteiger partial charge in [0.2, 0.25) is 11.1 Å². The molecule has 0 saturated heterocycles. The summed E-state index contributed by atoms with van der Waals surface area (Å²) in [5.41, 5.74) is 2.02. The summed E-state index contributed by atoms with van der Waals surface area (Å²) in [7, 11) is 0. The fourth-order valence-electron chi connectivity index (χ4n) is 1.80. The smallest absolute Gasteiger partial charge is 0.239 e. The average Bonchev–Trinajstić information content (AvgIpc) is 3.20. The molecule has 1 aromatic carbocycles. The largest absolute Gasteiger partial charge is 0.301 e. The molecule has 3 rings (SSSR count). The molecule has 0 aliphatic heterocycles. The molecule has 0 spiro atoms. The molecule has 1 N–H and O–H groups in total. The summed E-state index contributed by atoms with van der Waals surface area (Å²) in [6.07, 6.45) is 1.65. The first-order chi connectivity index (χ1) is 11.1. The minimum atomic E-state index is -0.353. The van der Waals surface area contributed by atoms with Crippen molar-refractivity contribution in [2.24, 2.45) is 0 Å². The van der Waals surface area contributed by atoms with Gasteiger partial charge in [-0.1, -0.05) is 29.5 Å². The van der Waals surface area contributed by atoms with Gasteiger partial charge in [-0.3, -0.25) is 4.79 Å². The molecule has 0 aliphatic carbocycles. The van der Waals surface area contributed by atoms with E-state index in [9.17, 15) is 4.79 Å². The van der Waals surface area contributed by atoms with Gasteiger partial charge in [-0.05, 0) is 36.4 Å². The molecular weight excluding hydrogens is 332 g/mol. The molecule has 2 aromatic heterocycles. The third-order valence-electron chi connectivity index (χ3n) is 3.03. The van der Waals surface area contributed by atoms with E-state index in [0.29, 0.717) is 10.3 Å². The zero-order valence-electron chi connectivity index (χ0n) is 12.5. The molecule has 2 heterocycles. The van der Waals surface area contributed by atoms with Crippen molar-refractivity contribution in [2.45, 2.75) is 24.3 Å². The fraction of sp³-hybridized carbons (Fsp3) is 0.214. The van der Waals surface area contributed by atoms with Crippen molar-refractivity contribution < 1.29 is 4.79 Å². The minimum absolute atomic E-state index is 0.136. The molecule has 1 unspecified atom stereocenters. The number of benzene rings is 1. The molecule has 0 saturated carbocycles. The first-order valence-electron chi connectivity index (χ1n) is 6.86. The van der Waals surface area contributed by atoms with Crippen LogP contribution in [-0.4, -0.2) is 36.3 Å². The van der Waals surface area contributed by atoms with E-state index in [4.69, 9.17) is 0 Å². The van der Waals surface area contributed by atoms with Crippen LogP contribution in [0.25, 0.3) is 5.69 Å². The number of tetrazole rings is 1. The normalized spacial score (nSPS) is 12.1. The van der Waals surface area contributed by atoms with Gasteiger partial charge >= 0.3 is 0 Å². The van der Waals surface area contributed by atoms with Gasteiger partial charge in [-0.25, -0.2) is 4.98 Å². The van der Waals surface area contributed by atoms with E-state index in [1.54, 1.807) is 10.9 Å². The molecule has 3 aromatic rings. The third kappa shape index (κ3) is 3.74. The lowest BCUT2D eigenvalue weighted by Crippen LogP contribution is -2.22. The number of aryl methyl sites for hydroxylation is 1. The molecule has 0 radical (unpaired) electrons. The van der Waals surface area contributed by atoms with Crippen molar-refractivity contribution >= 4 is 34.1 Å². The molecule has 0 aliphatic rings. The van der Waals surface area contributed by atoms with Crippen LogP contribution in [0.2, 0.25) is 0 Å². The van der Waals surface area contributed by atoms with Gasteiger partial charge in [0.1, 0.15) is 0 Å². The van der Waals surface area contributed by atoms with Gasteiger partial charge < -0.3 is 5.32 Å². The lowest BCUT2D eigenvalue weighted by atomic mass is 10.2. The zero-order valence-corrected chi connectivity index (χ0v) is 14.1. The van der Waals surface area contributed by atoms with Crippen LogP contribution in [0, 0.1) is 6.92 Å². The third-order valence-corrected chi connectivity index (χ3v) is 4.75. The number of anilines is 1. The topological polar surface area (TPSA) is 85.6 Å². The second kappa shape index (κ2) is 6.88. The number of amides is 1. The molecule has 0 bridgehead atoms. The molecule has 7 nitrogen and oxygen atoms in total. The Morgan fingerprint density at radius 1 is 1.35 bits per heavy atom. The summed E-state index contributed by atoms with van der Waals surface area (Å²) in [6.45, 7) is 3.83. The number of thiazole rings is 1. The van der Waals surface area contributed by atoms with E-state index in [0.717, 1.165) is 11.3 Å². The number of rotatable bonds is 5. The van der Waals surface area contributed by atoms with Gasteiger partial charge in [0, 0.05) is 11.6 Å². The van der Waals surface area contributed by atoms with Crippen LogP contribution in [0.5, 0.6) is 0 Å². The van der Waals surface area contributed by atoms with Crippen LogP contribution < -0.4 is 5.32 Å². The number of nitrogens with zero attached hydrogens (tertiary/aromatic N) is 5. The van der Waals surface area contributed by atoms with E-state index < -0.39 is 0 Å². The summed E-state index contributed by atoms with van der Waals surface area (Å²) < 4.78 is 1.62. The number of hydrogen-bond acceptors (Lipinski definition) is 7. The van der Waals surface area contributed by atoms with Gasteiger partial charge in [-0.2, -0.15) is 4.68 Å². The van der Waals surface area contributed by atoms with E-state index in [1.807, 2.05) is 43.5 Å². The number of hydrogen-bond donors (Lipinski definition) is 1. The van der Waals surface area contributed by atoms with Gasteiger partial charge in [0.15, 0.2) is 5.13 Å². The number of carbonyl (C=O) groups is 1. The predicted octanol–water partition coefficient (Wildman–Crippen LogP) is 2.55. The Morgan fingerprint density at radius 3 is 2.83 bits per heavy atom. The van der Waals surface area contributed by atoms with Crippen LogP contribution in [0.15, 0.2) is 41.0 Å². The van der Waals surface area contributed by atoms with Crippen molar-refractivity contribution in [2.75, 3.05) is 5.32 Å². The Balaban J connectivity index is 1.72. The molecule has 1 atom stereocenters. The van der Waals surface area contributed by atoms with Crippen LogP contribution in [0.3, 0.4) is 0 Å². The Kier molecular flexibility index (Phi) is 4.68. The summed E-state index contributed by atoms with van der Waals surface area (Å²) in [4.78, 5) is 16.2. The quantitative estimate of drug-likeness (QED) is 0.715. The Hall–Kier alpha value is -2.26. The van der Waals surface area contributed by atoms with Gasteiger partial charge in [-0.15, -0.1) is 16.4 Å². The maximum absolute atomic E-state index is 12.2. The highest BCUT2D eigenvalue weighted by molar-refractivity contribution is 8.00. The maximum atomic E-state index is 12.2. The molecule has 23 heavy (non-hydrogen) atoms. The minimum Gasteiger partial charge on any atom is -0.301 e. The van der Waals surface area contributed by atoms with E-state index in [1.165, 1.54) is 23.1 Å². The lowest BCUT2D eigenvalue weighted by molar-refractivity contribution is -0.115. The molecule has 9 heteroatoms. The van der Waals surface area contributed by atoms with Crippen LogP contribution in [0.4, 0.5) is 5.13 Å². The SMILES string of the molecule is Cc1ccc(-n2nnnc2SC(C)C(=O)Nc2nccs2)cc1. The van der Waals surface area contributed by atoms with Gasteiger partial charge in [0.25, 0.3) is 0 Å². The van der Waals surface area contributed by atoms with Crippen molar-refractivity contribution in [3.05, 3.63) is 41.4 Å².